The molecule has 7 nitrogen and oxygen atoms in total. The molecule has 0 aliphatic carbocycles. The van der Waals surface area contributed by atoms with E-state index >= 15 is 0 Å². The number of rotatable bonds is 4. The molecule has 0 saturated carbocycles. The van der Waals surface area contributed by atoms with Crippen molar-refractivity contribution in [2.45, 2.75) is 12.8 Å². The second-order valence-corrected chi connectivity index (χ2v) is 7.53. The van der Waals surface area contributed by atoms with Crippen LogP contribution in [-0.4, -0.2) is 44.9 Å². The highest BCUT2D eigenvalue weighted by atomic mass is 19.1. The van der Waals surface area contributed by atoms with Crippen LogP contribution in [0.1, 0.15) is 23.2 Å². The number of anilines is 1. The minimum atomic E-state index is -0.899. The summed E-state index contributed by atoms with van der Waals surface area (Å²) >= 11 is 0. The van der Waals surface area contributed by atoms with Gasteiger partial charge in [0.1, 0.15) is 17.4 Å². The van der Waals surface area contributed by atoms with Crippen LogP contribution in [0.5, 0.6) is 5.75 Å². The van der Waals surface area contributed by atoms with Gasteiger partial charge < -0.3 is 15.3 Å². The number of carbonyl (C=O) groups is 2. The summed E-state index contributed by atoms with van der Waals surface area (Å²) in [5.41, 5.74) is 0.904. The van der Waals surface area contributed by atoms with Crippen molar-refractivity contribution in [3.8, 4) is 17.1 Å². The van der Waals surface area contributed by atoms with Crippen molar-refractivity contribution >= 4 is 17.5 Å². The van der Waals surface area contributed by atoms with Crippen molar-refractivity contribution in [3.63, 3.8) is 0 Å². The van der Waals surface area contributed by atoms with Crippen LogP contribution >= 0.6 is 0 Å². The number of aromatic hydroxyl groups is 1. The first-order valence-corrected chi connectivity index (χ1v) is 10.1. The molecule has 4 rings (SSSR count). The van der Waals surface area contributed by atoms with Crippen LogP contribution in [0.2, 0.25) is 0 Å². The van der Waals surface area contributed by atoms with Gasteiger partial charge in [0.2, 0.25) is 5.91 Å². The number of phenolic OH excluding ortho intramolecular Hbond substituents is 1. The van der Waals surface area contributed by atoms with Gasteiger partial charge in [0.25, 0.3) is 5.91 Å². The second kappa shape index (κ2) is 9.09. The molecule has 3 aromatic rings. The zero-order valence-corrected chi connectivity index (χ0v) is 17.0. The third-order valence-corrected chi connectivity index (χ3v) is 5.34. The van der Waals surface area contributed by atoms with Gasteiger partial charge in [-0.2, -0.15) is 0 Å². The fourth-order valence-corrected chi connectivity index (χ4v) is 3.61. The number of nitrogens with one attached hydrogen (secondary N) is 1. The smallest absolute Gasteiger partial charge is 0.256 e. The molecule has 1 aliphatic rings. The minimum absolute atomic E-state index is 0.107. The molecule has 1 saturated heterocycles. The first-order valence-electron chi connectivity index (χ1n) is 10.1. The monoisotopic (exact) mass is 438 g/mol. The average molecular weight is 438 g/mol. The highest BCUT2D eigenvalue weighted by molar-refractivity contribution is 5.95. The van der Waals surface area contributed by atoms with Gasteiger partial charge in [-0.1, -0.05) is 12.1 Å². The van der Waals surface area contributed by atoms with Crippen molar-refractivity contribution in [3.05, 3.63) is 72.1 Å². The van der Waals surface area contributed by atoms with Gasteiger partial charge in [-0.3, -0.25) is 9.59 Å². The van der Waals surface area contributed by atoms with Crippen molar-refractivity contribution in [1.82, 2.24) is 14.9 Å². The van der Waals surface area contributed by atoms with Crippen LogP contribution in [0.3, 0.4) is 0 Å². The summed E-state index contributed by atoms with van der Waals surface area (Å²) in [6.45, 7) is 0.585. The molecular formula is C23H20F2N4O3. The lowest BCUT2D eigenvalue weighted by atomic mass is 9.95. The average Bonchev–Trinajstić information content (AvgIpc) is 2.79. The van der Waals surface area contributed by atoms with Gasteiger partial charge in [0.15, 0.2) is 5.82 Å². The predicted molar refractivity (Wildman–Crippen MR) is 113 cm³/mol. The normalized spacial score (nSPS) is 14.2. The first kappa shape index (κ1) is 21.4. The number of amides is 2. The summed E-state index contributed by atoms with van der Waals surface area (Å²) in [5.74, 6) is -2.16. The van der Waals surface area contributed by atoms with E-state index in [2.05, 4.69) is 15.3 Å². The standard InChI is InChI=1S/C23H20F2N4O3/c24-16-4-5-19(20(25)11-16)23(32)29-8-6-14(7-9-29)22(31)28-17-12-26-21(27-13-17)15-2-1-3-18(30)10-15/h1-5,10-14,30H,6-9H2,(H,28,31). The van der Waals surface area contributed by atoms with Gasteiger partial charge in [0, 0.05) is 30.6 Å². The summed E-state index contributed by atoms with van der Waals surface area (Å²) in [6.07, 6.45) is 3.81. The highest BCUT2D eigenvalue weighted by Crippen LogP contribution is 2.23. The predicted octanol–water partition coefficient (Wildman–Crippen LogP) is 3.62. The molecule has 32 heavy (non-hydrogen) atoms. The Morgan fingerprint density at radius 1 is 1.03 bits per heavy atom. The molecular weight excluding hydrogens is 418 g/mol. The van der Waals surface area contributed by atoms with Gasteiger partial charge in [-0.25, -0.2) is 18.7 Å². The number of likely N-dealkylation sites (tertiary alicyclic amines) is 1. The van der Waals surface area contributed by atoms with Crippen LogP contribution in [0, 0.1) is 17.6 Å². The van der Waals surface area contributed by atoms with Crippen molar-refractivity contribution in [2.75, 3.05) is 18.4 Å². The van der Waals surface area contributed by atoms with E-state index in [1.807, 2.05) is 0 Å². The number of aromatic nitrogens is 2. The summed E-state index contributed by atoms with van der Waals surface area (Å²) in [7, 11) is 0. The highest BCUT2D eigenvalue weighted by Gasteiger charge is 2.29. The summed E-state index contributed by atoms with van der Waals surface area (Å²) in [4.78, 5) is 35.0. The Hall–Kier alpha value is -3.88. The minimum Gasteiger partial charge on any atom is -0.508 e. The van der Waals surface area contributed by atoms with Gasteiger partial charge >= 0.3 is 0 Å². The number of hydrogen-bond acceptors (Lipinski definition) is 5. The fraction of sp³-hybridized carbons (Fsp3) is 0.217. The quantitative estimate of drug-likeness (QED) is 0.649. The topological polar surface area (TPSA) is 95.4 Å². The molecule has 0 radical (unpaired) electrons. The third-order valence-electron chi connectivity index (χ3n) is 5.34. The van der Waals surface area contributed by atoms with E-state index in [1.54, 1.807) is 24.3 Å². The van der Waals surface area contributed by atoms with Crippen LogP contribution in [0.25, 0.3) is 11.4 Å². The molecule has 2 amide bonds. The Balaban J connectivity index is 1.33. The van der Waals surface area contributed by atoms with E-state index in [-0.39, 0.29) is 23.1 Å². The number of hydrogen-bond donors (Lipinski definition) is 2. The van der Waals surface area contributed by atoms with E-state index in [0.29, 0.717) is 49.1 Å². The van der Waals surface area contributed by atoms with Crippen LogP contribution < -0.4 is 5.32 Å². The molecule has 0 spiro atoms. The van der Waals surface area contributed by atoms with Crippen LogP contribution in [0.15, 0.2) is 54.9 Å². The molecule has 1 fully saturated rings. The molecule has 1 aliphatic heterocycles. The van der Waals surface area contributed by atoms with E-state index in [4.69, 9.17) is 0 Å². The van der Waals surface area contributed by atoms with Gasteiger partial charge in [0.05, 0.1) is 23.6 Å². The van der Waals surface area contributed by atoms with E-state index in [0.717, 1.165) is 12.1 Å². The first-order chi connectivity index (χ1) is 15.4. The van der Waals surface area contributed by atoms with E-state index in [1.165, 1.54) is 17.3 Å². The summed E-state index contributed by atoms with van der Waals surface area (Å²) < 4.78 is 27.0. The fourth-order valence-electron chi connectivity index (χ4n) is 3.61. The lowest BCUT2D eigenvalue weighted by molar-refractivity contribution is -0.121. The molecule has 0 bridgehead atoms. The Morgan fingerprint density at radius 3 is 2.41 bits per heavy atom. The third kappa shape index (κ3) is 4.72. The maximum absolute atomic E-state index is 13.9. The maximum Gasteiger partial charge on any atom is 0.256 e. The number of benzene rings is 2. The Bertz CT molecular complexity index is 1150. The molecule has 0 unspecified atom stereocenters. The van der Waals surface area contributed by atoms with E-state index in [9.17, 15) is 23.5 Å². The Labute approximate surface area is 182 Å². The Kier molecular flexibility index (Phi) is 6.07. The van der Waals surface area contributed by atoms with Crippen LogP contribution in [0.4, 0.5) is 14.5 Å². The van der Waals surface area contributed by atoms with Gasteiger partial charge in [-0.15, -0.1) is 0 Å². The number of piperidine rings is 1. The molecule has 1 aromatic heterocycles. The SMILES string of the molecule is O=C(Nc1cnc(-c2cccc(O)c2)nc1)C1CCN(C(=O)c2ccc(F)cc2F)CC1. The number of phenols is 1. The molecule has 2 N–H and O–H groups in total. The molecule has 0 atom stereocenters. The number of nitrogens with zero attached hydrogens (tertiary/aromatic N) is 3. The zero-order valence-electron chi connectivity index (χ0n) is 17.0. The summed E-state index contributed by atoms with van der Waals surface area (Å²) in [5, 5.41) is 12.3. The lowest BCUT2D eigenvalue weighted by Crippen LogP contribution is -2.41. The van der Waals surface area contributed by atoms with Crippen molar-refractivity contribution in [1.29, 1.82) is 0 Å². The molecule has 2 aromatic carbocycles. The second-order valence-electron chi connectivity index (χ2n) is 7.53. The molecule has 164 valence electrons. The number of halogens is 2. The number of carbonyl (C=O) groups excluding carboxylic acids is 2. The van der Waals surface area contributed by atoms with Gasteiger partial charge in [-0.05, 0) is 37.1 Å². The van der Waals surface area contributed by atoms with Crippen molar-refractivity contribution in [2.24, 2.45) is 5.92 Å². The molecule has 9 heteroatoms. The largest absolute Gasteiger partial charge is 0.508 e. The zero-order chi connectivity index (χ0) is 22.7. The molecule has 2 heterocycles. The van der Waals surface area contributed by atoms with Crippen LogP contribution in [-0.2, 0) is 4.79 Å². The van der Waals surface area contributed by atoms with Crippen molar-refractivity contribution < 1.29 is 23.5 Å². The van der Waals surface area contributed by atoms with E-state index < -0.39 is 17.5 Å². The summed E-state index contributed by atoms with van der Waals surface area (Å²) in [6, 6.07) is 9.40. The Morgan fingerprint density at radius 2 is 1.75 bits per heavy atom. The maximum atomic E-state index is 13.9. The lowest BCUT2D eigenvalue weighted by Gasteiger charge is -2.31.